The Morgan fingerprint density at radius 1 is 1.59 bits per heavy atom. The van der Waals surface area contributed by atoms with Crippen molar-refractivity contribution in [3.05, 3.63) is 23.9 Å². The summed E-state index contributed by atoms with van der Waals surface area (Å²) in [5.74, 6) is 1.34. The van der Waals surface area contributed by atoms with E-state index in [4.69, 9.17) is 11.0 Å². The fourth-order valence-electron chi connectivity index (χ4n) is 2.19. The molecule has 5 heteroatoms. The van der Waals surface area contributed by atoms with Crippen LogP contribution in [0.4, 0.5) is 5.82 Å². The Morgan fingerprint density at radius 3 is 3.12 bits per heavy atom. The summed E-state index contributed by atoms with van der Waals surface area (Å²) in [6.45, 7) is 2.61. The van der Waals surface area contributed by atoms with Crippen LogP contribution in [0.3, 0.4) is 0 Å². The van der Waals surface area contributed by atoms with Crippen molar-refractivity contribution in [2.75, 3.05) is 24.5 Å². The Morgan fingerprint density at radius 2 is 2.41 bits per heavy atom. The van der Waals surface area contributed by atoms with Gasteiger partial charge >= 0.3 is 0 Å². The van der Waals surface area contributed by atoms with Crippen molar-refractivity contribution >= 4 is 18.2 Å². The Balaban J connectivity index is 0.00000144. The number of nitrogens with two attached hydrogens (primary N) is 1. The van der Waals surface area contributed by atoms with Gasteiger partial charge in [0, 0.05) is 19.3 Å². The predicted octanol–water partition coefficient (Wildman–Crippen LogP) is 1.55. The van der Waals surface area contributed by atoms with Crippen LogP contribution in [-0.4, -0.2) is 24.6 Å². The minimum atomic E-state index is 0. The van der Waals surface area contributed by atoms with Crippen LogP contribution in [0.2, 0.25) is 0 Å². The topological polar surface area (TPSA) is 65.9 Å². The minimum absolute atomic E-state index is 0. The van der Waals surface area contributed by atoms with Crippen LogP contribution in [0.1, 0.15) is 18.4 Å². The van der Waals surface area contributed by atoms with Gasteiger partial charge in [-0.15, -0.1) is 12.4 Å². The van der Waals surface area contributed by atoms with Crippen molar-refractivity contribution in [2.24, 2.45) is 11.7 Å². The number of nitriles is 1. The van der Waals surface area contributed by atoms with E-state index in [9.17, 15) is 0 Å². The molecule has 0 bridgehead atoms. The summed E-state index contributed by atoms with van der Waals surface area (Å²) >= 11 is 0. The third-order valence-electron chi connectivity index (χ3n) is 3.06. The van der Waals surface area contributed by atoms with Crippen molar-refractivity contribution in [3.8, 4) is 6.07 Å². The SMILES string of the molecule is Cl.N#Cc1cccnc1N1CCCC(CN)C1. The standard InChI is InChI=1S/C12H16N4.ClH/c13-7-10-3-2-6-16(9-10)12-11(8-14)4-1-5-15-12;/h1,4-5,10H,2-3,6-7,9,13H2;1H. The summed E-state index contributed by atoms with van der Waals surface area (Å²) in [5, 5.41) is 9.03. The van der Waals surface area contributed by atoms with E-state index < -0.39 is 0 Å². The lowest BCUT2D eigenvalue weighted by molar-refractivity contribution is 0.421. The molecule has 2 heterocycles. The molecule has 0 aliphatic carbocycles. The lowest BCUT2D eigenvalue weighted by Crippen LogP contribution is -2.39. The van der Waals surface area contributed by atoms with E-state index in [1.54, 1.807) is 12.3 Å². The van der Waals surface area contributed by atoms with Crippen molar-refractivity contribution in [3.63, 3.8) is 0 Å². The molecule has 1 saturated heterocycles. The zero-order chi connectivity index (χ0) is 11.4. The highest BCUT2D eigenvalue weighted by Crippen LogP contribution is 2.23. The molecule has 1 unspecified atom stereocenters. The summed E-state index contributed by atoms with van der Waals surface area (Å²) < 4.78 is 0. The smallest absolute Gasteiger partial charge is 0.146 e. The van der Waals surface area contributed by atoms with E-state index in [1.807, 2.05) is 6.07 Å². The zero-order valence-electron chi connectivity index (χ0n) is 9.67. The fourth-order valence-corrected chi connectivity index (χ4v) is 2.19. The van der Waals surface area contributed by atoms with Crippen molar-refractivity contribution in [1.29, 1.82) is 5.26 Å². The minimum Gasteiger partial charge on any atom is -0.355 e. The van der Waals surface area contributed by atoms with Crippen molar-refractivity contribution in [2.45, 2.75) is 12.8 Å². The van der Waals surface area contributed by atoms with Crippen LogP contribution in [0.15, 0.2) is 18.3 Å². The Kier molecular flexibility index (Phi) is 5.20. The first-order valence-electron chi connectivity index (χ1n) is 5.65. The van der Waals surface area contributed by atoms with E-state index >= 15 is 0 Å². The first kappa shape index (κ1) is 13.8. The summed E-state index contributed by atoms with van der Waals surface area (Å²) in [7, 11) is 0. The number of rotatable bonds is 2. The molecule has 0 saturated carbocycles. The van der Waals surface area contributed by atoms with Crippen LogP contribution >= 0.6 is 12.4 Å². The van der Waals surface area contributed by atoms with Gasteiger partial charge in [0.15, 0.2) is 0 Å². The van der Waals surface area contributed by atoms with E-state index in [2.05, 4.69) is 16.0 Å². The molecule has 0 radical (unpaired) electrons. The third-order valence-corrected chi connectivity index (χ3v) is 3.06. The van der Waals surface area contributed by atoms with E-state index in [0.717, 1.165) is 25.3 Å². The molecule has 1 aromatic rings. The number of halogens is 1. The van der Waals surface area contributed by atoms with Gasteiger partial charge in [0.25, 0.3) is 0 Å². The highest BCUT2D eigenvalue weighted by molar-refractivity contribution is 5.85. The first-order valence-corrected chi connectivity index (χ1v) is 5.65. The maximum atomic E-state index is 9.03. The molecule has 0 spiro atoms. The van der Waals surface area contributed by atoms with E-state index in [1.165, 1.54) is 6.42 Å². The summed E-state index contributed by atoms with van der Waals surface area (Å²) in [6, 6.07) is 5.80. The molecule has 1 aliphatic heterocycles. The second kappa shape index (κ2) is 6.43. The molecule has 1 atom stereocenters. The maximum Gasteiger partial charge on any atom is 0.146 e. The Labute approximate surface area is 108 Å². The average Bonchev–Trinajstić information content (AvgIpc) is 2.38. The van der Waals surface area contributed by atoms with Crippen LogP contribution in [0, 0.1) is 17.2 Å². The second-order valence-electron chi connectivity index (χ2n) is 4.18. The average molecular weight is 253 g/mol. The zero-order valence-corrected chi connectivity index (χ0v) is 10.5. The second-order valence-corrected chi connectivity index (χ2v) is 4.18. The van der Waals surface area contributed by atoms with Gasteiger partial charge in [-0.25, -0.2) is 4.98 Å². The lowest BCUT2D eigenvalue weighted by Gasteiger charge is -2.33. The molecular weight excluding hydrogens is 236 g/mol. The number of aromatic nitrogens is 1. The van der Waals surface area contributed by atoms with Crippen molar-refractivity contribution in [1.82, 2.24) is 4.98 Å². The summed E-state index contributed by atoms with van der Waals surface area (Å²) in [5.41, 5.74) is 6.35. The van der Waals surface area contributed by atoms with E-state index in [0.29, 0.717) is 18.0 Å². The fraction of sp³-hybridized carbons (Fsp3) is 0.500. The molecular formula is C12H17ClN4. The van der Waals surface area contributed by atoms with Crippen LogP contribution in [0.25, 0.3) is 0 Å². The van der Waals surface area contributed by atoms with Gasteiger partial charge in [-0.3, -0.25) is 0 Å². The maximum absolute atomic E-state index is 9.03. The number of nitrogens with zero attached hydrogens (tertiary/aromatic N) is 3. The van der Waals surface area contributed by atoms with Gasteiger partial charge in [-0.2, -0.15) is 5.26 Å². The van der Waals surface area contributed by atoms with Crippen molar-refractivity contribution < 1.29 is 0 Å². The molecule has 1 aliphatic rings. The molecule has 1 fully saturated rings. The molecule has 4 nitrogen and oxygen atoms in total. The van der Waals surface area contributed by atoms with Gasteiger partial charge in [0.05, 0.1) is 5.56 Å². The van der Waals surface area contributed by atoms with E-state index in [-0.39, 0.29) is 12.4 Å². The highest BCUT2D eigenvalue weighted by Gasteiger charge is 2.21. The van der Waals surface area contributed by atoms with Gasteiger partial charge in [-0.05, 0) is 37.4 Å². The van der Waals surface area contributed by atoms with Crippen LogP contribution in [0.5, 0.6) is 0 Å². The quantitative estimate of drug-likeness (QED) is 0.867. The monoisotopic (exact) mass is 252 g/mol. The predicted molar refractivity (Wildman–Crippen MR) is 70.2 cm³/mol. The number of hydrogen-bond donors (Lipinski definition) is 1. The Hall–Kier alpha value is -1.31. The Bertz CT molecular complexity index is 402. The van der Waals surface area contributed by atoms with Gasteiger partial charge < -0.3 is 10.6 Å². The molecule has 2 N–H and O–H groups in total. The number of pyridine rings is 1. The largest absolute Gasteiger partial charge is 0.355 e. The van der Waals surface area contributed by atoms with Crippen LogP contribution in [-0.2, 0) is 0 Å². The van der Waals surface area contributed by atoms with Crippen LogP contribution < -0.4 is 10.6 Å². The third kappa shape index (κ3) is 3.09. The first-order chi connectivity index (χ1) is 7.85. The molecule has 0 aromatic carbocycles. The van der Waals surface area contributed by atoms with Gasteiger partial charge in [0.1, 0.15) is 11.9 Å². The molecule has 17 heavy (non-hydrogen) atoms. The summed E-state index contributed by atoms with van der Waals surface area (Å²) in [4.78, 5) is 6.48. The van der Waals surface area contributed by atoms with Gasteiger partial charge in [-0.1, -0.05) is 0 Å². The molecule has 1 aromatic heterocycles. The number of hydrogen-bond acceptors (Lipinski definition) is 4. The number of anilines is 1. The molecule has 0 amide bonds. The normalized spacial score (nSPS) is 19.3. The summed E-state index contributed by atoms with van der Waals surface area (Å²) in [6.07, 6.45) is 4.05. The van der Waals surface area contributed by atoms with Gasteiger partial charge in [0.2, 0.25) is 0 Å². The molecule has 92 valence electrons. The lowest BCUT2D eigenvalue weighted by atomic mass is 9.98. The number of piperidine rings is 1. The highest BCUT2D eigenvalue weighted by atomic mass is 35.5. The molecule has 2 rings (SSSR count).